The van der Waals surface area contributed by atoms with Crippen molar-refractivity contribution < 1.29 is 37.4 Å². The van der Waals surface area contributed by atoms with Crippen LogP contribution in [0, 0.1) is 12.8 Å². The molecule has 1 aliphatic heterocycles. The smallest absolute Gasteiger partial charge is 0.341 e. The Labute approximate surface area is 197 Å². The fourth-order valence-electron chi connectivity index (χ4n) is 3.71. The van der Waals surface area contributed by atoms with Gasteiger partial charge in [-0.25, -0.2) is 18.0 Å². The number of halogens is 1. The highest BCUT2D eigenvalue weighted by atomic mass is 35.5. The number of urea groups is 1. The van der Waals surface area contributed by atoms with Crippen LogP contribution in [-0.4, -0.2) is 69.1 Å². The summed E-state index contributed by atoms with van der Waals surface area (Å²) >= 11 is 6.32. The van der Waals surface area contributed by atoms with Crippen molar-refractivity contribution in [2.45, 2.75) is 32.1 Å². The number of methoxy groups -OCH3 is 1. The highest BCUT2D eigenvalue weighted by molar-refractivity contribution is 7.92. The van der Waals surface area contributed by atoms with E-state index in [9.17, 15) is 27.9 Å². The zero-order chi connectivity index (χ0) is 25.2. The van der Waals surface area contributed by atoms with E-state index in [4.69, 9.17) is 21.1 Å². The third kappa shape index (κ3) is 5.41. The summed E-state index contributed by atoms with van der Waals surface area (Å²) in [7, 11) is 0.576. The van der Waals surface area contributed by atoms with Crippen LogP contribution in [0.1, 0.15) is 34.0 Å². The number of aliphatic carboxylic acids is 1. The third-order valence-corrected chi connectivity index (χ3v) is 7.44. The van der Waals surface area contributed by atoms with Gasteiger partial charge in [0.05, 0.1) is 18.4 Å². The molecule has 1 heterocycles. The number of allylic oxidation sites excluding steroid dienone is 2. The summed E-state index contributed by atoms with van der Waals surface area (Å²) in [6, 6.07) is -0.490. The van der Waals surface area contributed by atoms with Crippen LogP contribution in [0.25, 0.3) is 0 Å². The van der Waals surface area contributed by atoms with Crippen molar-refractivity contribution in [3.8, 4) is 5.75 Å². The minimum absolute atomic E-state index is 0.000456. The molecule has 0 saturated heterocycles. The van der Waals surface area contributed by atoms with E-state index in [0.717, 1.165) is 6.26 Å². The number of benzene rings is 1. The van der Waals surface area contributed by atoms with Crippen molar-refractivity contribution in [2.75, 3.05) is 32.8 Å². The van der Waals surface area contributed by atoms with Gasteiger partial charge in [-0.15, -0.1) is 0 Å². The number of fused-ring (bicyclic) bond motifs is 1. The Morgan fingerprint density at radius 1 is 1.36 bits per heavy atom. The standard InChI is InChI=1S/C21H27ClN2O8S/c1-10-13-9-32-20(27)15(13)16(23-21(28)24(3)4)12(17(10)31-5)7-8-14(22)11(2)18(19(25)26)33(6,29)30/h8,11,18H,7,9H2,1-6H3,(H,23,28)(H,25,26)/b14-8+. The maximum absolute atomic E-state index is 12.5. The van der Waals surface area contributed by atoms with Gasteiger partial charge >= 0.3 is 18.0 Å². The molecule has 0 aromatic heterocycles. The molecule has 0 saturated carbocycles. The maximum Gasteiger partial charge on any atom is 0.341 e. The van der Waals surface area contributed by atoms with Gasteiger partial charge in [-0.1, -0.05) is 24.6 Å². The number of sulfone groups is 1. The highest BCUT2D eigenvalue weighted by Crippen LogP contribution is 2.41. The topological polar surface area (TPSA) is 139 Å². The maximum atomic E-state index is 12.5. The molecule has 0 fully saturated rings. The van der Waals surface area contributed by atoms with E-state index in [2.05, 4.69) is 5.32 Å². The Kier molecular flexibility index (Phi) is 8.02. The van der Waals surface area contributed by atoms with Gasteiger partial charge in [0.25, 0.3) is 0 Å². The van der Waals surface area contributed by atoms with E-state index in [1.54, 1.807) is 6.92 Å². The number of amides is 2. The summed E-state index contributed by atoms with van der Waals surface area (Å²) < 4.78 is 34.6. The van der Waals surface area contributed by atoms with Gasteiger partial charge in [0.2, 0.25) is 0 Å². The largest absolute Gasteiger partial charge is 0.496 e. The fraction of sp³-hybridized carbons (Fsp3) is 0.476. The summed E-state index contributed by atoms with van der Waals surface area (Å²) in [5.41, 5.74) is 2.05. The first-order chi connectivity index (χ1) is 15.2. The number of carbonyl (C=O) groups is 3. The van der Waals surface area contributed by atoms with Gasteiger partial charge < -0.3 is 24.8 Å². The first-order valence-corrected chi connectivity index (χ1v) is 12.2. The second-order valence-corrected chi connectivity index (χ2v) is 10.5. The lowest BCUT2D eigenvalue weighted by Gasteiger charge is -2.22. The first kappa shape index (κ1) is 26.5. The average Bonchev–Trinajstić information content (AvgIpc) is 3.08. The molecular weight excluding hydrogens is 476 g/mol. The predicted octanol–water partition coefficient (Wildman–Crippen LogP) is 2.57. The molecule has 2 rings (SSSR count). The Hall–Kier alpha value is -2.79. The minimum Gasteiger partial charge on any atom is -0.496 e. The molecule has 0 radical (unpaired) electrons. The molecule has 33 heavy (non-hydrogen) atoms. The van der Waals surface area contributed by atoms with Gasteiger partial charge in [-0.3, -0.25) is 4.79 Å². The summed E-state index contributed by atoms with van der Waals surface area (Å²) in [4.78, 5) is 37.7. The Bertz CT molecular complexity index is 1130. The van der Waals surface area contributed by atoms with Crippen LogP contribution < -0.4 is 10.1 Å². The molecule has 2 N–H and O–H groups in total. The number of esters is 1. The zero-order valence-corrected chi connectivity index (χ0v) is 20.8. The monoisotopic (exact) mass is 502 g/mol. The Morgan fingerprint density at radius 2 is 1.97 bits per heavy atom. The highest BCUT2D eigenvalue weighted by Gasteiger charge is 2.36. The van der Waals surface area contributed by atoms with E-state index in [1.807, 2.05) is 0 Å². The number of cyclic esters (lactones) is 1. The second kappa shape index (κ2) is 10.0. The SMILES string of the molecule is COc1c(C)c2c(c(NC(=O)N(C)C)c1C/C=C(/Cl)C(C)C(C(=O)O)S(C)(=O)=O)C(=O)OC2. The number of carboxylic acid groups (broad SMARTS) is 1. The molecule has 2 unspecified atom stereocenters. The molecule has 1 aromatic rings. The van der Waals surface area contributed by atoms with Gasteiger partial charge in [-0.05, 0) is 18.9 Å². The molecule has 10 nitrogen and oxygen atoms in total. The normalized spacial score (nSPS) is 15.4. The van der Waals surface area contributed by atoms with Crippen LogP contribution in [0.15, 0.2) is 11.1 Å². The van der Waals surface area contributed by atoms with Crippen molar-refractivity contribution in [3.05, 3.63) is 33.4 Å². The molecule has 0 spiro atoms. The lowest BCUT2D eigenvalue weighted by molar-refractivity contribution is -0.137. The lowest BCUT2D eigenvalue weighted by atomic mass is 9.93. The Balaban J connectivity index is 2.62. The number of anilines is 1. The average molecular weight is 503 g/mol. The molecule has 12 heteroatoms. The van der Waals surface area contributed by atoms with Crippen molar-refractivity contribution in [1.82, 2.24) is 4.90 Å². The van der Waals surface area contributed by atoms with Crippen molar-refractivity contribution in [1.29, 1.82) is 0 Å². The van der Waals surface area contributed by atoms with Gasteiger partial charge in [0.1, 0.15) is 12.4 Å². The van der Waals surface area contributed by atoms with E-state index in [-0.39, 0.29) is 29.3 Å². The molecule has 2 atom stereocenters. The van der Waals surface area contributed by atoms with Crippen LogP contribution in [0.3, 0.4) is 0 Å². The number of hydrogen-bond acceptors (Lipinski definition) is 7. The van der Waals surface area contributed by atoms with E-state index < -0.39 is 39.0 Å². The predicted molar refractivity (Wildman–Crippen MR) is 123 cm³/mol. The van der Waals surface area contributed by atoms with Crippen molar-refractivity contribution >= 4 is 45.1 Å². The van der Waals surface area contributed by atoms with Crippen LogP contribution >= 0.6 is 11.6 Å². The number of carboxylic acids is 1. The second-order valence-electron chi connectivity index (χ2n) is 7.94. The molecule has 0 bridgehead atoms. The van der Waals surface area contributed by atoms with E-state index in [1.165, 1.54) is 39.1 Å². The number of ether oxygens (including phenoxy) is 2. The molecular formula is C21H27ClN2O8S. The number of nitrogens with one attached hydrogen (secondary N) is 1. The molecule has 182 valence electrons. The number of nitrogens with zero attached hydrogens (tertiary/aromatic N) is 1. The summed E-state index contributed by atoms with van der Waals surface area (Å²) in [6.45, 7) is 3.18. The van der Waals surface area contributed by atoms with Gasteiger partial charge in [-0.2, -0.15) is 0 Å². The molecule has 0 aliphatic carbocycles. The summed E-state index contributed by atoms with van der Waals surface area (Å²) in [5.74, 6) is -2.75. The van der Waals surface area contributed by atoms with Gasteiger partial charge in [0.15, 0.2) is 15.1 Å². The minimum atomic E-state index is -3.93. The van der Waals surface area contributed by atoms with Crippen molar-refractivity contribution in [3.63, 3.8) is 0 Å². The van der Waals surface area contributed by atoms with Crippen LogP contribution in [0.5, 0.6) is 5.75 Å². The molecule has 2 amide bonds. The molecule has 1 aliphatic rings. The summed E-state index contributed by atoms with van der Waals surface area (Å²) in [6.07, 6.45) is 2.30. The van der Waals surface area contributed by atoms with E-state index in [0.29, 0.717) is 22.4 Å². The molecule has 1 aromatic carbocycles. The van der Waals surface area contributed by atoms with Crippen LogP contribution in [0.4, 0.5) is 10.5 Å². The number of rotatable bonds is 8. The number of hydrogen-bond donors (Lipinski definition) is 2. The third-order valence-electron chi connectivity index (χ3n) is 5.41. The van der Waals surface area contributed by atoms with E-state index >= 15 is 0 Å². The fourth-order valence-corrected chi connectivity index (χ4v) is 5.24. The Morgan fingerprint density at radius 3 is 2.45 bits per heavy atom. The first-order valence-electron chi connectivity index (χ1n) is 9.87. The quantitative estimate of drug-likeness (QED) is 0.517. The zero-order valence-electron chi connectivity index (χ0n) is 19.2. The summed E-state index contributed by atoms with van der Waals surface area (Å²) in [5, 5.41) is 10.3. The van der Waals surface area contributed by atoms with Crippen LogP contribution in [0.2, 0.25) is 0 Å². The van der Waals surface area contributed by atoms with Gasteiger partial charge in [0, 0.05) is 42.4 Å². The van der Waals surface area contributed by atoms with Crippen LogP contribution in [-0.2, 0) is 32.4 Å². The lowest BCUT2D eigenvalue weighted by Crippen LogP contribution is -2.35. The van der Waals surface area contributed by atoms with Crippen molar-refractivity contribution in [2.24, 2.45) is 5.92 Å². The number of carbonyl (C=O) groups excluding carboxylic acids is 2.